The monoisotopic (exact) mass is 307 g/mol. The Hall–Kier alpha value is -1.90. The summed E-state index contributed by atoms with van der Waals surface area (Å²) in [4.78, 5) is 2.40. The molecule has 2 heteroatoms. The number of rotatable bonds is 4. The van der Waals surface area contributed by atoms with Crippen LogP contribution in [0.2, 0.25) is 0 Å². The van der Waals surface area contributed by atoms with E-state index in [0.29, 0.717) is 0 Å². The lowest BCUT2D eigenvalue weighted by Crippen LogP contribution is -2.46. The lowest BCUT2D eigenvalue weighted by Gasteiger charge is -2.44. The lowest BCUT2D eigenvalue weighted by molar-refractivity contribution is -0.0241. The van der Waals surface area contributed by atoms with Gasteiger partial charge in [0, 0.05) is 12.5 Å². The predicted molar refractivity (Wildman–Crippen MR) is 95.0 cm³/mol. The van der Waals surface area contributed by atoms with Crippen molar-refractivity contribution in [2.24, 2.45) is 5.92 Å². The molecule has 1 fully saturated rings. The number of hydrogen-bond acceptors (Lipinski definition) is 2. The zero-order chi connectivity index (χ0) is 16.2. The minimum absolute atomic E-state index is 0.0202. The first-order chi connectivity index (χ1) is 11.2. The molecule has 2 nitrogen and oxygen atoms in total. The molecule has 120 valence electrons. The highest BCUT2D eigenvalue weighted by atomic mass is 16.3. The molecule has 2 aromatic carbocycles. The minimum atomic E-state index is -0.410. The van der Waals surface area contributed by atoms with Crippen LogP contribution in [0.5, 0.6) is 0 Å². The number of likely N-dealkylation sites (tertiary alicyclic amines) is 1. The molecule has 2 aromatic rings. The summed E-state index contributed by atoms with van der Waals surface area (Å²) in [6, 6.07) is 20.9. The molecule has 0 bridgehead atoms. The van der Waals surface area contributed by atoms with Gasteiger partial charge in [-0.05, 0) is 31.0 Å². The van der Waals surface area contributed by atoms with Gasteiger partial charge in [0.15, 0.2) is 0 Å². The predicted octanol–water partition coefficient (Wildman–Crippen LogP) is 4.19. The second kappa shape index (κ2) is 7.12. The molecule has 0 aliphatic carbocycles. The zero-order valence-corrected chi connectivity index (χ0v) is 13.7. The average Bonchev–Trinajstić information content (AvgIpc) is 2.56. The molecule has 0 radical (unpaired) electrons. The van der Waals surface area contributed by atoms with Crippen LogP contribution in [0.25, 0.3) is 0 Å². The topological polar surface area (TPSA) is 23.5 Å². The van der Waals surface area contributed by atoms with E-state index in [1.165, 1.54) is 11.1 Å². The number of nitrogens with zero attached hydrogens (tertiary/aromatic N) is 1. The minimum Gasteiger partial charge on any atom is -0.391 e. The molecule has 3 rings (SSSR count). The normalized spacial score (nSPS) is 25.2. The van der Waals surface area contributed by atoms with Crippen LogP contribution in [0.4, 0.5) is 0 Å². The molecular formula is C21H25NO. The van der Waals surface area contributed by atoms with Crippen molar-refractivity contribution in [1.82, 2.24) is 4.90 Å². The standard InChI is InChI=1S/C21H25NO/c1-16(2)19-13-14-22(15-17-9-5-3-6-10-17)20(21(19)23)18-11-7-4-8-12-18/h3-12,19-21,23H,1,13-15H2,2H3/t19-,20-,21+/m0/s1. The molecule has 0 saturated carbocycles. The summed E-state index contributed by atoms with van der Waals surface area (Å²) in [6.07, 6.45) is 0.555. The van der Waals surface area contributed by atoms with Crippen molar-refractivity contribution in [2.75, 3.05) is 6.54 Å². The fourth-order valence-corrected chi connectivity index (χ4v) is 3.64. The van der Waals surface area contributed by atoms with Crippen LogP contribution >= 0.6 is 0 Å². The van der Waals surface area contributed by atoms with E-state index in [1.807, 2.05) is 31.2 Å². The van der Waals surface area contributed by atoms with E-state index in [0.717, 1.165) is 25.1 Å². The molecule has 23 heavy (non-hydrogen) atoms. The summed E-state index contributed by atoms with van der Waals surface area (Å²) >= 11 is 0. The molecule has 1 aliphatic rings. The first kappa shape index (κ1) is 16.0. The van der Waals surface area contributed by atoms with Gasteiger partial charge in [-0.3, -0.25) is 4.90 Å². The molecule has 0 unspecified atom stereocenters. The average molecular weight is 307 g/mol. The Morgan fingerprint density at radius 2 is 1.70 bits per heavy atom. The van der Waals surface area contributed by atoms with E-state index in [-0.39, 0.29) is 12.0 Å². The van der Waals surface area contributed by atoms with Crippen LogP contribution in [0, 0.1) is 5.92 Å². The third-order valence-electron chi connectivity index (χ3n) is 4.86. The maximum absolute atomic E-state index is 11.0. The van der Waals surface area contributed by atoms with Crippen molar-refractivity contribution in [2.45, 2.75) is 32.0 Å². The largest absolute Gasteiger partial charge is 0.391 e. The van der Waals surface area contributed by atoms with Crippen molar-refractivity contribution in [1.29, 1.82) is 0 Å². The van der Waals surface area contributed by atoms with Gasteiger partial charge in [-0.1, -0.05) is 72.8 Å². The van der Waals surface area contributed by atoms with Crippen molar-refractivity contribution in [3.63, 3.8) is 0 Å². The van der Waals surface area contributed by atoms with Gasteiger partial charge in [-0.15, -0.1) is 0 Å². The van der Waals surface area contributed by atoms with Crippen LogP contribution in [0.1, 0.15) is 30.5 Å². The highest BCUT2D eigenvalue weighted by Gasteiger charge is 2.37. The van der Waals surface area contributed by atoms with Crippen molar-refractivity contribution < 1.29 is 5.11 Å². The molecule has 0 amide bonds. The highest BCUT2D eigenvalue weighted by Crippen LogP contribution is 2.38. The number of piperidine rings is 1. The molecule has 1 heterocycles. The van der Waals surface area contributed by atoms with Crippen LogP contribution in [-0.4, -0.2) is 22.7 Å². The Morgan fingerprint density at radius 1 is 1.09 bits per heavy atom. The van der Waals surface area contributed by atoms with Crippen LogP contribution in [0.3, 0.4) is 0 Å². The van der Waals surface area contributed by atoms with Gasteiger partial charge in [-0.2, -0.15) is 0 Å². The second-order valence-corrected chi connectivity index (χ2v) is 6.54. The summed E-state index contributed by atoms with van der Waals surface area (Å²) < 4.78 is 0. The molecule has 0 aromatic heterocycles. The van der Waals surface area contributed by atoms with Gasteiger partial charge < -0.3 is 5.11 Å². The summed E-state index contributed by atoms with van der Waals surface area (Å²) in [5.74, 6) is 0.173. The van der Waals surface area contributed by atoms with Crippen molar-refractivity contribution in [3.05, 3.63) is 83.9 Å². The van der Waals surface area contributed by atoms with E-state index in [4.69, 9.17) is 0 Å². The number of benzene rings is 2. The summed E-state index contributed by atoms with van der Waals surface area (Å²) in [6.45, 7) is 7.96. The SMILES string of the molecule is C=C(C)[C@@H]1CCN(Cc2ccccc2)[C@@H](c2ccccc2)[C@@H]1O. The van der Waals surface area contributed by atoms with Crippen molar-refractivity contribution in [3.8, 4) is 0 Å². The summed E-state index contributed by atoms with van der Waals surface area (Å²) in [5.41, 5.74) is 3.55. The van der Waals surface area contributed by atoms with Crippen LogP contribution in [0.15, 0.2) is 72.8 Å². The van der Waals surface area contributed by atoms with Gasteiger partial charge >= 0.3 is 0 Å². The van der Waals surface area contributed by atoms with E-state index in [2.05, 4.69) is 47.9 Å². The maximum atomic E-state index is 11.0. The van der Waals surface area contributed by atoms with Gasteiger partial charge in [-0.25, -0.2) is 0 Å². The lowest BCUT2D eigenvalue weighted by atomic mass is 9.80. The Kier molecular flexibility index (Phi) is 4.94. The molecule has 1 saturated heterocycles. The zero-order valence-electron chi connectivity index (χ0n) is 13.7. The van der Waals surface area contributed by atoms with Gasteiger partial charge in [0.1, 0.15) is 0 Å². The van der Waals surface area contributed by atoms with Gasteiger partial charge in [0.05, 0.1) is 12.1 Å². The van der Waals surface area contributed by atoms with E-state index in [1.54, 1.807) is 0 Å². The van der Waals surface area contributed by atoms with E-state index >= 15 is 0 Å². The number of aliphatic hydroxyl groups excluding tert-OH is 1. The third kappa shape index (κ3) is 3.54. The van der Waals surface area contributed by atoms with Gasteiger partial charge in [0.2, 0.25) is 0 Å². The second-order valence-electron chi connectivity index (χ2n) is 6.54. The highest BCUT2D eigenvalue weighted by molar-refractivity contribution is 5.24. The smallest absolute Gasteiger partial charge is 0.0802 e. The first-order valence-corrected chi connectivity index (χ1v) is 8.33. The first-order valence-electron chi connectivity index (χ1n) is 8.33. The maximum Gasteiger partial charge on any atom is 0.0802 e. The molecule has 0 spiro atoms. The molecule has 3 atom stereocenters. The molecule has 1 aliphatic heterocycles. The van der Waals surface area contributed by atoms with Crippen LogP contribution in [-0.2, 0) is 6.54 Å². The summed E-state index contributed by atoms with van der Waals surface area (Å²) in [5, 5.41) is 11.0. The Labute approximate surface area is 139 Å². The van der Waals surface area contributed by atoms with E-state index < -0.39 is 6.10 Å². The summed E-state index contributed by atoms with van der Waals surface area (Å²) in [7, 11) is 0. The molecular weight excluding hydrogens is 282 g/mol. The van der Waals surface area contributed by atoms with E-state index in [9.17, 15) is 5.11 Å². The number of aliphatic hydroxyl groups is 1. The fourth-order valence-electron chi connectivity index (χ4n) is 3.64. The third-order valence-corrected chi connectivity index (χ3v) is 4.86. The molecule has 1 N–H and O–H groups in total. The quantitative estimate of drug-likeness (QED) is 0.856. The fraction of sp³-hybridized carbons (Fsp3) is 0.333. The van der Waals surface area contributed by atoms with Gasteiger partial charge in [0.25, 0.3) is 0 Å². The Bertz CT molecular complexity index is 637. The van der Waals surface area contributed by atoms with Crippen molar-refractivity contribution >= 4 is 0 Å². The Morgan fingerprint density at radius 3 is 2.30 bits per heavy atom. The van der Waals surface area contributed by atoms with Crippen LogP contribution < -0.4 is 0 Å². The number of hydrogen-bond donors (Lipinski definition) is 1. The Balaban J connectivity index is 1.89.